The van der Waals surface area contributed by atoms with Crippen molar-refractivity contribution in [2.75, 3.05) is 19.7 Å². The molecule has 0 spiro atoms. The summed E-state index contributed by atoms with van der Waals surface area (Å²) in [6.07, 6.45) is 3.62. The fraction of sp³-hybridized carbons (Fsp3) is 0.846. The molecule has 1 atom stereocenters. The molecule has 1 aliphatic heterocycles. The molecule has 2 fully saturated rings. The number of ether oxygens (including phenoxy) is 1. The molecular formula is C13H23N3O3. The van der Waals surface area contributed by atoms with Crippen LogP contribution in [0.15, 0.2) is 0 Å². The van der Waals surface area contributed by atoms with Crippen molar-refractivity contribution in [3.05, 3.63) is 0 Å². The SMILES string of the molecule is NC(=O)C1CCC(NC(=O)CC2CNCCO2)CC1. The monoisotopic (exact) mass is 269 g/mol. The number of hydrogen-bond donors (Lipinski definition) is 3. The lowest BCUT2D eigenvalue weighted by Gasteiger charge is -2.28. The van der Waals surface area contributed by atoms with Gasteiger partial charge in [0, 0.05) is 25.0 Å². The van der Waals surface area contributed by atoms with Gasteiger partial charge < -0.3 is 21.1 Å². The molecule has 0 radical (unpaired) electrons. The average molecular weight is 269 g/mol. The van der Waals surface area contributed by atoms with Gasteiger partial charge in [0.15, 0.2) is 0 Å². The van der Waals surface area contributed by atoms with Crippen LogP contribution in [-0.2, 0) is 14.3 Å². The number of nitrogens with two attached hydrogens (primary N) is 1. The minimum Gasteiger partial charge on any atom is -0.375 e. The molecule has 2 amide bonds. The lowest BCUT2D eigenvalue weighted by atomic mass is 9.85. The van der Waals surface area contributed by atoms with E-state index in [1.165, 1.54) is 0 Å². The van der Waals surface area contributed by atoms with Crippen molar-refractivity contribution in [2.45, 2.75) is 44.2 Å². The van der Waals surface area contributed by atoms with Crippen LogP contribution >= 0.6 is 0 Å². The Balaban J connectivity index is 1.67. The van der Waals surface area contributed by atoms with Gasteiger partial charge in [-0.25, -0.2) is 0 Å². The van der Waals surface area contributed by atoms with E-state index in [1.807, 2.05) is 0 Å². The second-order valence-electron chi connectivity index (χ2n) is 5.42. The Morgan fingerprint density at radius 1 is 1.26 bits per heavy atom. The molecule has 1 saturated heterocycles. The van der Waals surface area contributed by atoms with E-state index in [2.05, 4.69) is 10.6 Å². The highest BCUT2D eigenvalue weighted by atomic mass is 16.5. The number of carbonyl (C=O) groups excluding carboxylic acids is 2. The lowest BCUT2D eigenvalue weighted by Crippen LogP contribution is -2.44. The van der Waals surface area contributed by atoms with Crippen LogP contribution in [0.3, 0.4) is 0 Å². The molecule has 0 aromatic rings. The zero-order valence-corrected chi connectivity index (χ0v) is 11.2. The largest absolute Gasteiger partial charge is 0.375 e. The van der Waals surface area contributed by atoms with E-state index in [-0.39, 0.29) is 29.9 Å². The van der Waals surface area contributed by atoms with Crippen LogP contribution in [0.1, 0.15) is 32.1 Å². The molecule has 2 aliphatic rings. The quantitative estimate of drug-likeness (QED) is 0.643. The maximum Gasteiger partial charge on any atom is 0.222 e. The Labute approximate surface area is 113 Å². The summed E-state index contributed by atoms with van der Waals surface area (Å²) < 4.78 is 5.50. The molecule has 0 bridgehead atoms. The third-order valence-corrected chi connectivity index (χ3v) is 3.91. The van der Waals surface area contributed by atoms with Crippen LogP contribution in [-0.4, -0.2) is 43.7 Å². The molecule has 0 aromatic carbocycles. The molecule has 1 aliphatic carbocycles. The molecule has 108 valence electrons. The van der Waals surface area contributed by atoms with E-state index in [0.717, 1.165) is 38.8 Å². The first-order chi connectivity index (χ1) is 9.15. The molecule has 1 unspecified atom stereocenters. The molecule has 6 nitrogen and oxygen atoms in total. The van der Waals surface area contributed by atoms with Gasteiger partial charge in [0.25, 0.3) is 0 Å². The maximum atomic E-state index is 11.9. The molecule has 1 saturated carbocycles. The number of carbonyl (C=O) groups is 2. The lowest BCUT2D eigenvalue weighted by molar-refractivity contribution is -0.125. The fourth-order valence-corrected chi connectivity index (χ4v) is 2.77. The molecule has 1 heterocycles. The first-order valence-corrected chi connectivity index (χ1v) is 7.06. The smallest absolute Gasteiger partial charge is 0.222 e. The third-order valence-electron chi connectivity index (χ3n) is 3.91. The van der Waals surface area contributed by atoms with E-state index in [4.69, 9.17) is 10.5 Å². The Morgan fingerprint density at radius 2 is 2.00 bits per heavy atom. The first kappa shape index (κ1) is 14.3. The van der Waals surface area contributed by atoms with Crippen molar-refractivity contribution in [2.24, 2.45) is 11.7 Å². The Morgan fingerprint density at radius 3 is 2.58 bits per heavy atom. The van der Waals surface area contributed by atoms with E-state index in [1.54, 1.807) is 0 Å². The summed E-state index contributed by atoms with van der Waals surface area (Å²) in [5, 5.41) is 6.23. The van der Waals surface area contributed by atoms with Gasteiger partial charge >= 0.3 is 0 Å². The number of rotatable bonds is 4. The van der Waals surface area contributed by atoms with Gasteiger partial charge in [-0.05, 0) is 25.7 Å². The van der Waals surface area contributed by atoms with Gasteiger partial charge in [-0.3, -0.25) is 9.59 Å². The van der Waals surface area contributed by atoms with Crippen LogP contribution in [0.25, 0.3) is 0 Å². The Hall–Kier alpha value is -1.14. The summed E-state index contributed by atoms with van der Waals surface area (Å²) >= 11 is 0. The number of primary amides is 1. The van der Waals surface area contributed by atoms with Crippen molar-refractivity contribution < 1.29 is 14.3 Å². The topological polar surface area (TPSA) is 93.5 Å². The van der Waals surface area contributed by atoms with Gasteiger partial charge in [0.05, 0.1) is 19.1 Å². The summed E-state index contributed by atoms with van der Waals surface area (Å²) in [5.74, 6) is -0.193. The van der Waals surface area contributed by atoms with E-state index < -0.39 is 0 Å². The molecular weight excluding hydrogens is 246 g/mol. The Bertz CT molecular complexity index is 321. The van der Waals surface area contributed by atoms with Gasteiger partial charge in [0.1, 0.15) is 0 Å². The zero-order valence-electron chi connectivity index (χ0n) is 11.2. The van der Waals surface area contributed by atoms with Gasteiger partial charge in [-0.2, -0.15) is 0 Å². The summed E-state index contributed by atoms with van der Waals surface area (Å²) in [5.41, 5.74) is 5.29. The minimum absolute atomic E-state index is 0.0148. The number of nitrogens with one attached hydrogen (secondary N) is 2. The highest BCUT2D eigenvalue weighted by molar-refractivity contribution is 5.77. The van der Waals surface area contributed by atoms with Crippen molar-refractivity contribution in [3.63, 3.8) is 0 Å². The molecule has 4 N–H and O–H groups in total. The number of amides is 2. The molecule has 2 rings (SSSR count). The molecule has 0 aromatic heterocycles. The molecule has 19 heavy (non-hydrogen) atoms. The van der Waals surface area contributed by atoms with Gasteiger partial charge in [-0.1, -0.05) is 0 Å². The number of morpholine rings is 1. The normalized spacial score (nSPS) is 31.7. The van der Waals surface area contributed by atoms with E-state index >= 15 is 0 Å². The van der Waals surface area contributed by atoms with Crippen LogP contribution in [0.2, 0.25) is 0 Å². The minimum atomic E-state index is -0.216. The predicted octanol–water partition coefficient (Wildman–Crippen LogP) is -0.475. The predicted molar refractivity (Wildman–Crippen MR) is 70.3 cm³/mol. The summed E-state index contributed by atoms with van der Waals surface area (Å²) in [6.45, 7) is 2.26. The summed E-state index contributed by atoms with van der Waals surface area (Å²) in [4.78, 5) is 22.9. The highest BCUT2D eigenvalue weighted by Gasteiger charge is 2.26. The summed E-state index contributed by atoms with van der Waals surface area (Å²) in [7, 11) is 0. The van der Waals surface area contributed by atoms with Crippen molar-refractivity contribution >= 4 is 11.8 Å². The Kier molecular flexibility index (Phi) is 5.15. The second-order valence-corrected chi connectivity index (χ2v) is 5.42. The number of hydrogen-bond acceptors (Lipinski definition) is 4. The third kappa shape index (κ3) is 4.47. The van der Waals surface area contributed by atoms with E-state index in [9.17, 15) is 9.59 Å². The van der Waals surface area contributed by atoms with Gasteiger partial charge in [0.2, 0.25) is 11.8 Å². The average Bonchev–Trinajstić information content (AvgIpc) is 2.40. The van der Waals surface area contributed by atoms with Crippen LogP contribution in [0.4, 0.5) is 0 Å². The fourth-order valence-electron chi connectivity index (χ4n) is 2.77. The van der Waals surface area contributed by atoms with Crippen molar-refractivity contribution in [1.82, 2.24) is 10.6 Å². The zero-order chi connectivity index (χ0) is 13.7. The maximum absolute atomic E-state index is 11.9. The van der Waals surface area contributed by atoms with Crippen molar-refractivity contribution in [3.8, 4) is 0 Å². The van der Waals surface area contributed by atoms with E-state index in [0.29, 0.717) is 13.0 Å². The summed E-state index contributed by atoms with van der Waals surface area (Å²) in [6, 6.07) is 0.180. The van der Waals surface area contributed by atoms with Crippen LogP contribution in [0.5, 0.6) is 0 Å². The van der Waals surface area contributed by atoms with Crippen LogP contribution < -0.4 is 16.4 Å². The standard InChI is InChI=1S/C13H23N3O3/c14-13(18)9-1-3-10(4-2-9)16-12(17)7-11-8-15-5-6-19-11/h9-11,15H,1-8H2,(H2,14,18)(H,16,17). The van der Waals surface area contributed by atoms with Crippen LogP contribution in [0, 0.1) is 5.92 Å². The highest BCUT2D eigenvalue weighted by Crippen LogP contribution is 2.24. The second kappa shape index (κ2) is 6.86. The van der Waals surface area contributed by atoms with Gasteiger partial charge in [-0.15, -0.1) is 0 Å². The first-order valence-electron chi connectivity index (χ1n) is 7.06. The molecule has 6 heteroatoms. The van der Waals surface area contributed by atoms with Crippen molar-refractivity contribution in [1.29, 1.82) is 0 Å².